The highest BCUT2D eigenvalue weighted by Gasteiger charge is 2.28. The van der Waals surface area contributed by atoms with E-state index >= 15 is 0 Å². The quantitative estimate of drug-likeness (QED) is 0.192. The molecule has 5 heterocycles. The number of benzene rings is 6. The minimum absolute atomic E-state index is 0.641. The summed E-state index contributed by atoms with van der Waals surface area (Å²) in [6.07, 6.45) is 3.62. The van der Waals surface area contributed by atoms with E-state index in [0.29, 0.717) is 5.95 Å². The predicted octanol–water partition coefficient (Wildman–Crippen LogP) is 10.6. The summed E-state index contributed by atoms with van der Waals surface area (Å²) in [6, 6.07) is 46.7. The van der Waals surface area contributed by atoms with Crippen molar-refractivity contribution in [2.75, 3.05) is 0 Å². The normalized spacial score (nSPS) is 12.1. The molecule has 0 saturated carbocycles. The maximum absolute atomic E-state index is 5.41. The van der Waals surface area contributed by atoms with Gasteiger partial charge in [0, 0.05) is 59.9 Å². The standard InChI is InChI=1S/C42H24N6S/c1-3-13-25(14-4-1)37-27-17-7-10-20-31(27)45-42(46-37)48-33-22-12-9-19-29(33)35-39(48)34-28-18-8-11-21-32(28)47(26-15-5-2-6-16-26)38(34)36-30-23-43-24-44-41(30)49-40(35)36/h1-24H. The topological polar surface area (TPSA) is 61.4 Å². The molecule has 49 heavy (non-hydrogen) atoms. The zero-order valence-corrected chi connectivity index (χ0v) is 26.8. The molecule has 6 nitrogen and oxygen atoms in total. The Hall–Kier alpha value is -6.44. The van der Waals surface area contributed by atoms with E-state index in [1.165, 1.54) is 10.1 Å². The second kappa shape index (κ2) is 10.0. The largest absolute Gasteiger partial charge is 0.308 e. The molecule has 0 spiro atoms. The second-order valence-corrected chi connectivity index (χ2v) is 13.3. The molecule has 0 amide bonds. The van der Waals surface area contributed by atoms with Gasteiger partial charge < -0.3 is 4.57 Å². The molecule has 0 aliphatic heterocycles. The van der Waals surface area contributed by atoms with E-state index in [1.807, 2.05) is 18.3 Å². The Morgan fingerprint density at radius 1 is 0.510 bits per heavy atom. The molecule has 0 fully saturated rings. The van der Waals surface area contributed by atoms with Gasteiger partial charge in [0.25, 0.3) is 0 Å². The molecule has 5 aromatic heterocycles. The van der Waals surface area contributed by atoms with Crippen LogP contribution < -0.4 is 0 Å². The molecule has 0 bridgehead atoms. The third-order valence-corrected chi connectivity index (χ3v) is 10.8. The fourth-order valence-corrected chi connectivity index (χ4v) is 8.88. The molecule has 0 N–H and O–H groups in total. The SMILES string of the molecule is c1ccc(-c2nc(-n3c4ccccc4c4c5sc6ncncc6c5c5c(c6ccccc6n5-c5ccccc5)c43)nc3ccccc23)cc1. The van der Waals surface area contributed by atoms with Gasteiger partial charge in [-0.25, -0.2) is 19.9 Å². The second-order valence-electron chi connectivity index (χ2n) is 12.3. The number of thiophene rings is 1. The molecule has 6 aromatic carbocycles. The van der Waals surface area contributed by atoms with Crippen LogP contribution in [-0.2, 0) is 0 Å². The molecule has 0 aliphatic rings. The van der Waals surface area contributed by atoms with Crippen molar-refractivity contribution in [3.63, 3.8) is 0 Å². The van der Waals surface area contributed by atoms with Gasteiger partial charge in [0.1, 0.15) is 11.2 Å². The van der Waals surface area contributed by atoms with Crippen molar-refractivity contribution in [2.24, 2.45) is 0 Å². The maximum Gasteiger partial charge on any atom is 0.235 e. The van der Waals surface area contributed by atoms with Gasteiger partial charge >= 0.3 is 0 Å². The van der Waals surface area contributed by atoms with Gasteiger partial charge in [-0.3, -0.25) is 4.57 Å². The molecule has 0 saturated heterocycles. The van der Waals surface area contributed by atoms with Crippen LogP contribution in [0.2, 0.25) is 0 Å². The molecule has 0 aliphatic carbocycles. The van der Waals surface area contributed by atoms with Gasteiger partial charge in [-0.1, -0.05) is 103 Å². The number of fused-ring (bicyclic) bond motifs is 13. The van der Waals surface area contributed by atoms with Crippen molar-refractivity contribution in [1.29, 1.82) is 0 Å². The molecule has 0 atom stereocenters. The summed E-state index contributed by atoms with van der Waals surface area (Å²) in [6.45, 7) is 0. The third kappa shape index (κ3) is 3.65. The van der Waals surface area contributed by atoms with Crippen LogP contribution in [0, 0.1) is 0 Å². The average Bonchev–Trinajstić information content (AvgIpc) is 3.83. The maximum atomic E-state index is 5.41. The zero-order valence-electron chi connectivity index (χ0n) is 25.9. The van der Waals surface area contributed by atoms with Crippen molar-refractivity contribution >= 4 is 86.2 Å². The van der Waals surface area contributed by atoms with Crippen molar-refractivity contribution in [3.05, 3.63) is 146 Å². The fraction of sp³-hybridized carbons (Fsp3) is 0. The highest BCUT2D eigenvalue weighted by molar-refractivity contribution is 7.26. The van der Waals surface area contributed by atoms with E-state index in [0.717, 1.165) is 81.7 Å². The van der Waals surface area contributed by atoms with E-state index in [9.17, 15) is 0 Å². The first-order valence-electron chi connectivity index (χ1n) is 16.2. The van der Waals surface area contributed by atoms with Crippen molar-refractivity contribution < 1.29 is 0 Å². The van der Waals surface area contributed by atoms with Gasteiger partial charge in [-0.15, -0.1) is 11.3 Å². The fourth-order valence-electron chi connectivity index (χ4n) is 7.71. The van der Waals surface area contributed by atoms with E-state index in [4.69, 9.17) is 15.0 Å². The molecular weight excluding hydrogens is 621 g/mol. The van der Waals surface area contributed by atoms with Crippen LogP contribution in [0.1, 0.15) is 0 Å². The smallest absolute Gasteiger partial charge is 0.235 e. The van der Waals surface area contributed by atoms with Crippen LogP contribution >= 0.6 is 11.3 Å². The van der Waals surface area contributed by atoms with Gasteiger partial charge in [-0.05, 0) is 30.3 Å². The molecule has 0 radical (unpaired) electrons. The van der Waals surface area contributed by atoms with Crippen LogP contribution in [0.15, 0.2) is 146 Å². The first-order valence-corrected chi connectivity index (χ1v) is 17.1. The van der Waals surface area contributed by atoms with Crippen LogP contribution in [0.4, 0.5) is 0 Å². The van der Waals surface area contributed by atoms with Crippen molar-refractivity contribution in [3.8, 4) is 22.9 Å². The Morgan fingerprint density at radius 3 is 1.92 bits per heavy atom. The molecule has 228 valence electrons. The zero-order chi connectivity index (χ0) is 32.1. The van der Waals surface area contributed by atoms with Crippen LogP contribution in [-0.4, -0.2) is 29.1 Å². The van der Waals surface area contributed by atoms with Crippen molar-refractivity contribution in [2.45, 2.75) is 0 Å². The minimum atomic E-state index is 0.641. The predicted molar refractivity (Wildman–Crippen MR) is 202 cm³/mol. The van der Waals surface area contributed by atoms with E-state index in [-0.39, 0.29) is 0 Å². The number of para-hydroxylation sites is 4. The van der Waals surface area contributed by atoms with E-state index in [1.54, 1.807) is 17.7 Å². The molecule has 11 aromatic rings. The highest BCUT2D eigenvalue weighted by atomic mass is 32.1. The molecular formula is C42H24N6S. The lowest BCUT2D eigenvalue weighted by atomic mass is 10.0. The first-order chi connectivity index (χ1) is 24.3. The van der Waals surface area contributed by atoms with Gasteiger partial charge in [0.15, 0.2) is 0 Å². The number of hydrogen-bond acceptors (Lipinski definition) is 5. The van der Waals surface area contributed by atoms with Crippen molar-refractivity contribution in [1.82, 2.24) is 29.1 Å². The number of nitrogens with zero attached hydrogens (tertiary/aromatic N) is 6. The summed E-state index contributed by atoms with van der Waals surface area (Å²) < 4.78 is 5.88. The van der Waals surface area contributed by atoms with E-state index in [2.05, 4.69) is 135 Å². The first kappa shape index (κ1) is 26.6. The Bertz CT molecular complexity index is 3100. The lowest BCUT2D eigenvalue weighted by Crippen LogP contribution is -2.03. The summed E-state index contributed by atoms with van der Waals surface area (Å²) in [7, 11) is 0. The Morgan fingerprint density at radius 2 is 1.12 bits per heavy atom. The Kier molecular flexibility index (Phi) is 5.45. The monoisotopic (exact) mass is 644 g/mol. The minimum Gasteiger partial charge on any atom is -0.308 e. The molecule has 0 unspecified atom stereocenters. The number of rotatable bonds is 3. The molecule has 7 heteroatoms. The third-order valence-electron chi connectivity index (χ3n) is 9.67. The van der Waals surface area contributed by atoms with Crippen LogP contribution in [0.3, 0.4) is 0 Å². The van der Waals surface area contributed by atoms with Gasteiger partial charge in [-0.2, -0.15) is 0 Å². The summed E-state index contributed by atoms with van der Waals surface area (Å²) >= 11 is 1.73. The van der Waals surface area contributed by atoms with E-state index < -0.39 is 0 Å². The summed E-state index contributed by atoms with van der Waals surface area (Å²) in [5, 5.41) is 7.88. The Balaban J connectivity index is 1.44. The van der Waals surface area contributed by atoms with Gasteiger partial charge in [0.05, 0.1) is 33.3 Å². The Labute approximate surface area is 283 Å². The lowest BCUT2D eigenvalue weighted by Gasteiger charge is -2.13. The summed E-state index contributed by atoms with van der Waals surface area (Å²) in [5.41, 5.74) is 8.37. The molecule has 11 rings (SSSR count). The highest BCUT2D eigenvalue weighted by Crippen LogP contribution is 2.50. The van der Waals surface area contributed by atoms with Gasteiger partial charge in [0.2, 0.25) is 5.95 Å². The summed E-state index contributed by atoms with van der Waals surface area (Å²) in [5.74, 6) is 0.641. The number of hydrogen-bond donors (Lipinski definition) is 0. The number of aromatic nitrogens is 6. The lowest BCUT2D eigenvalue weighted by molar-refractivity contribution is 1.02. The van der Waals surface area contributed by atoms with Crippen LogP contribution in [0.5, 0.6) is 0 Å². The average molecular weight is 645 g/mol. The summed E-state index contributed by atoms with van der Waals surface area (Å²) in [4.78, 5) is 21.0. The van der Waals surface area contributed by atoms with Crippen LogP contribution in [0.25, 0.3) is 97.7 Å².